The standard InChI is InChI=1S/C13H17NO/c1-15-10-4-5-11-12(8-10)14-9-13(11)6-2-3-7-13/h4-5,8,14H,2-3,6-7,9H2,1H3. The van der Waals surface area contributed by atoms with E-state index >= 15 is 0 Å². The molecule has 0 atom stereocenters. The Hall–Kier alpha value is -1.18. The zero-order valence-corrected chi connectivity index (χ0v) is 9.18. The smallest absolute Gasteiger partial charge is 0.120 e. The van der Waals surface area contributed by atoms with Crippen molar-refractivity contribution in [3.05, 3.63) is 23.8 Å². The molecule has 0 amide bonds. The molecular weight excluding hydrogens is 186 g/mol. The molecule has 2 heteroatoms. The Morgan fingerprint density at radius 3 is 2.80 bits per heavy atom. The Morgan fingerprint density at radius 2 is 2.07 bits per heavy atom. The highest BCUT2D eigenvalue weighted by Crippen LogP contribution is 2.48. The summed E-state index contributed by atoms with van der Waals surface area (Å²) < 4.78 is 5.25. The van der Waals surface area contributed by atoms with E-state index in [1.807, 2.05) is 0 Å². The second-order valence-corrected chi connectivity index (χ2v) is 4.75. The molecule has 1 N–H and O–H groups in total. The van der Waals surface area contributed by atoms with Crippen LogP contribution in [0.15, 0.2) is 18.2 Å². The summed E-state index contributed by atoms with van der Waals surface area (Å²) in [5.41, 5.74) is 3.25. The van der Waals surface area contributed by atoms with E-state index in [-0.39, 0.29) is 0 Å². The van der Waals surface area contributed by atoms with Crippen LogP contribution < -0.4 is 10.1 Å². The predicted molar refractivity (Wildman–Crippen MR) is 61.6 cm³/mol. The topological polar surface area (TPSA) is 21.3 Å². The molecule has 3 rings (SSSR count). The van der Waals surface area contributed by atoms with Crippen LogP contribution in [0, 0.1) is 0 Å². The summed E-state index contributed by atoms with van der Waals surface area (Å²) in [6.07, 6.45) is 5.46. The lowest BCUT2D eigenvalue weighted by Crippen LogP contribution is -2.23. The molecule has 0 saturated heterocycles. The average Bonchev–Trinajstić information content (AvgIpc) is 2.88. The van der Waals surface area contributed by atoms with Gasteiger partial charge in [0.2, 0.25) is 0 Å². The number of methoxy groups -OCH3 is 1. The van der Waals surface area contributed by atoms with Crippen molar-refractivity contribution in [2.45, 2.75) is 31.1 Å². The molecule has 1 spiro atoms. The molecule has 1 aliphatic heterocycles. The second-order valence-electron chi connectivity index (χ2n) is 4.75. The maximum Gasteiger partial charge on any atom is 0.120 e. The van der Waals surface area contributed by atoms with Gasteiger partial charge in [-0.3, -0.25) is 0 Å². The lowest BCUT2D eigenvalue weighted by Gasteiger charge is -2.22. The minimum Gasteiger partial charge on any atom is -0.497 e. The first-order valence-corrected chi connectivity index (χ1v) is 5.76. The van der Waals surface area contributed by atoms with E-state index in [1.165, 1.54) is 36.9 Å². The SMILES string of the molecule is COc1ccc2c(c1)NCC21CCCC1. The minimum atomic E-state index is 0.446. The third-order valence-corrected chi connectivity index (χ3v) is 3.98. The van der Waals surface area contributed by atoms with Gasteiger partial charge in [-0.05, 0) is 24.5 Å². The summed E-state index contributed by atoms with van der Waals surface area (Å²) in [5, 5.41) is 3.53. The Balaban J connectivity index is 2.03. The van der Waals surface area contributed by atoms with Gasteiger partial charge in [-0.2, -0.15) is 0 Å². The van der Waals surface area contributed by atoms with Crippen molar-refractivity contribution in [2.24, 2.45) is 0 Å². The minimum absolute atomic E-state index is 0.446. The monoisotopic (exact) mass is 203 g/mol. The summed E-state index contributed by atoms with van der Waals surface area (Å²) >= 11 is 0. The van der Waals surface area contributed by atoms with E-state index in [2.05, 4.69) is 23.5 Å². The molecule has 1 aliphatic carbocycles. The normalized spacial score (nSPS) is 21.4. The fourth-order valence-corrected chi connectivity index (χ4v) is 3.12. The summed E-state index contributed by atoms with van der Waals surface area (Å²) in [5.74, 6) is 0.955. The Bertz CT molecular complexity index is 380. The number of hydrogen-bond acceptors (Lipinski definition) is 2. The highest BCUT2D eigenvalue weighted by Gasteiger charge is 2.40. The van der Waals surface area contributed by atoms with Crippen LogP contribution in [0.4, 0.5) is 5.69 Å². The summed E-state index contributed by atoms with van der Waals surface area (Å²) in [4.78, 5) is 0. The van der Waals surface area contributed by atoms with E-state index in [0.29, 0.717) is 5.41 Å². The molecule has 1 aromatic rings. The zero-order valence-electron chi connectivity index (χ0n) is 9.18. The number of rotatable bonds is 1. The van der Waals surface area contributed by atoms with Gasteiger partial charge in [0.1, 0.15) is 5.75 Å². The van der Waals surface area contributed by atoms with Crippen LogP contribution in [0.25, 0.3) is 0 Å². The fraction of sp³-hybridized carbons (Fsp3) is 0.538. The molecule has 1 fully saturated rings. The average molecular weight is 203 g/mol. The van der Waals surface area contributed by atoms with Crippen molar-refractivity contribution in [2.75, 3.05) is 19.0 Å². The van der Waals surface area contributed by atoms with Crippen molar-refractivity contribution in [3.63, 3.8) is 0 Å². The number of hydrogen-bond donors (Lipinski definition) is 1. The third-order valence-electron chi connectivity index (χ3n) is 3.98. The van der Waals surface area contributed by atoms with E-state index < -0.39 is 0 Å². The van der Waals surface area contributed by atoms with Gasteiger partial charge in [0.15, 0.2) is 0 Å². The quantitative estimate of drug-likeness (QED) is 0.757. The van der Waals surface area contributed by atoms with Gasteiger partial charge in [0, 0.05) is 23.7 Å². The third kappa shape index (κ3) is 1.24. The first-order valence-electron chi connectivity index (χ1n) is 5.76. The van der Waals surface area contributed by atoms with Gasteiger partial charge >= 0.3 is 0 Å². The molecule has 1 saturated carbocycles. The van der Waals surface area contributed by atoms with Gasteiger partial charge in [0.05, 0.1) is 7.11 Å². The Labute approximate surface area is 90.6 Å². The predicted octanol–water partition coefficient (Wildman–Crippen LogP) is 2.93. The largest absolute Gasteiger partial charge is 0.497 e. The zero-order chi connectivity index (χ0) is 10.3. The Morgan fingerprint density at radius 1 is 1.27 bits per heavy atom. The van der Waals surface area contributed by atoms with Gasteiger partial charge in [-0.25, -0.2) is 0 Å². The Kier molecular flexibility index (Phi) is 1.91. The highest BCUT2D eigenvalue weighted by atomic mass is 16.5. The van der Waals surface area contributed by atoms with Gasteiger partial charge < -0.3 is 10.1 Å². The maximum absolute atomic E-state index is 5.25. The van der Waals surface area contributed by atoms with Gasteiger partial charge in [-0.1, -0.05) is 18.9 Å². The number of ether oxygens (including phenoxy) is 1. The molecule has 0 bridgehead atoms. The molecule has 2 nitrogen and oxygen atoms in total. The summed E-state index contributed by atoms with van der Waals surface area (Å²) in [6, 6.07) is 6.47. The van der Waals surface area contributed by atoms with Crippen LogP contribution in [-0.2, 0) is 5.41 Å². The van der Waals surface area contributed by atoms with Crippen molar-refractivity contribution in [3.8, 4) is 5.75 Å². The summed E-state index contributed by atoms with van der Waals surface area (Å²) in [6.45, 7) is 1.12. The molecule has 0 radical (unpaired) electrons. The molecule has 15 heavy (non-hydrogen) atoms. The van der Waals surface area contributed by atoms with Crippen LogP contribution in [-0.4, -0.2) is 13.7 Å². The van der Waals surface area contributed by atoms with Crippen molar-refractivity contribution in [1.82, 2.24) is 0 Å². The van der Waals surface area contributed by atoms with Gasteiger partial charge in [-0.15, -0.1) is 0 Å². The summed E-state index contributed by atoms with van der Waals surface area (Å²) in [7, 11) is 1.72. The first kappa shape index (κ1) is 9.08. The fourth-order valence-electron chi connectivity index (χ4n) is 3.12. The number of nitrogens with one attached hydrogen (secondary N) is 1. The van der Waals surface area contributed by atoms with Crippen LogP contribution >= 0.6 is 0 Å². The number of anilines is 1. The van der Waals surface area contributed by atoms with Crippen molar-refractivity contribution >= 4 is 5.69 Å². The molecule has 1 heterocycles. The lowest BCUT2D eigenvalue weighted by molar-refractivity contribution is 0.414. The van der Waals surface area contributed by atoms with E-state index in [1.54, 1.807) is 7.11 Å². The van der Waals surface area contributed by atoms with E-state index in [9.17, 15) is 0 Å². The molecule has 0 aromatic heterocycles. The van der Waals surface area contributed by atoms with Crippen molar-refractivity contribution in [1.29, 1.82) is 0 Å². The van der Waals surface area contributed by atoms with E-state index in [4.69, 9.17) is 4.74 Å². The molecule has 1 aromatic carbocycles. The van der Waals surface area contributed by atoms with Gasteiger partial charge in [0.25, 0.3) is 0 Å². The maximum atomic E-state index is 5.25. The first-order chi connectivity index (χ1) is 7.34. The molecule has 0 unspecified atom stereocenters. The van der Waals surface area contributed by atoms with E-state index in [0.717, 1.165) is 12.3 Å². The lowest BCUT2D eigenvalue weighted by atomic mass is 9.81. The molecule has 2 aliphatic rings. The highest BCUT2D eigenvalue weighted by molar-refractivity contribution is 5.63. The second kappa shape index (κ2) is 3.16. The van der Waals surface area contributed by atoms with Crippen LogP contribution in [0.3, 0.4) is 0 Å². The molecule has 80 valence electrons. The van der Waals surface area contributed by atoms with Crippen LogP contribution in [0.1, 0.15) is 31.2 Å². The molecular formula is C13H17NO. The number of benzene rings is 1. The van der Waals surface area contributed by atoms with Crippen molar-refractivity contribution < 1.29 is 4.74 Å². The van der Waals surface area contributed by atoms with Crippen LogP contribution in [0.2, 0.25) is 0 Å². The van der Waals surface area contributed by atoms with Crippen LogP contribution in [0.5, 0.6) is 5.75 Å². The number of fused-ring (bicyclic) bond motifs is 2.